The quantitative estimate of drug-likeness (QED) is 0.484. The third kappa shape index (κ3) is 3.40. The Morgan fingerprint density at radius 3 is 2.39 bits per heavy atom. The Morgan fingerprint density at radius 2 is 1.79 bits per heavy atom. The first-order valence-electron chi connectivity index (χ1n) is 9.03. The molecule has 28 heavy (non-hydrogen) atoms. The summed E-state index contributed by atoms with van der Waals surface area (Å²) in [5.74, 6) is -0.250. The van der Waals surface area contributed by atoms with Crippen molar-refractivity contribution in [1.82, 2.24) is 14.0 Å². The number of carbonyl (C=O) groups is 1. The zero-order valence-electron chi connectivity index (χ0n) is 16.0. The molecule has 0 N–H and O–H groups in total. The second-order valence-corrected chi connectivity index (χ2v) is 6.63. The summed E-state index contributed by atoms with van der Waals surface area (Å²) in [6.45, 7) is 4.11. The summed E-state index contributed by atoms with van der Waals surface area (Å²) in [7, 11) is 1.63. The van der Waals surface area contributed by atoms with Crippen molar-refractivity contribution in [3.8, 4) is 0 Å². The van der Waals surface area contributed by atoms with Crippen molar-refractivity contribution >= 4 is 22.6 Å². The molecule has 0 radical (unpaired) electrons. The zero-order valence-corrected chi connectivity index (χ0v) is 16.0. The molecule has 0 aliphatic carbocycles. The summed E-state index contributed by atoms with van der Waals surface area (Å²) in [5, 5.41) is 11.0. The fourth-order valence-corrected chi connectivity index (χ4v) is 3.32. The minimum absolute atomic E-state index is 0.0209. The number of fused-ring (bicyclic) bond motifs is 1. The lowest BCUT2D eigenvalue weighted by molar-refractivity contribution is -0.384. The van der Waals surface area contributed by atoms with E-state index in [0.29, 0.717) is 17.6 Å². The van der Waals surface area contributed by atoms with Crippen molar-refractivity contribution in [3.63, 3.8) is 0 Å². The average Bonchev–Trinajstić information content (AvgIpc) is 2.97. The van der Waals surface area contributed by atoms with Crippen molar-refractivity contribution in [2.24, 2.45) is 0 Å². The number of aryl methyl sites for hydroxylation is 1. The first-order chi connectivity index (χ1) is 13.3. The summed E-state index contributed by atoms with van der Waals surface area (Å²) in [6, 6.07) is 13.2. The van der Waals surface area contributed by atoms with E-state index in [9.17, 15) is 19.7 Å². The van der Waals surface area contributed by atoms with Gasteiger partial charge in [0, 0.05) is 25.7 Å². The van der Waals surface area contributed by atoms with E-state index in [4.69, 9.17) is 0 Å². The highest BCUT2D eigenvalue weighted by Gasteiger charge is 2.22. The molecule has 0 spiro atoms. The van der Waals surface area contributed by atoms with Crippen LogP contribution in [-0.2, 0) is 17.9 Å². The summed E-state index contributed by atoms with van der Waals surface area (Å²) in [6.07, 6.45) is 0. The zero-order chi connectivity index (χ0) is 20.4. The van der Waals surface area contributed by atoms with Crippen LogP contribution in [0, 0.1) is 10.1 Å². The molecule has 1 atom stereocenters. The average molecular weight is 382 g/mol. The minimum Gasteiger partial charge on any atom is -0.337 e. The number of rotatable bonds is 6. The van der Waals surface area contributed by atoms with E-state index in [1.54, 1.807) is 30.7 Å². The predicted octanol–water partition coefficient (Wildman–Crippen LogP) is 2.95. The molecule has 0 bridgehead atoms. The number of nitro groups is 1. The predicted molar refractivity (Wildman–Crippen MR) is 106 cm³/mol. The standard InChI is InChI=1S/C20H22N4O4/c1-4-22-17-10-5-6-11-18(17)23(20(22)26)13-19(25)21(3)14(2)15-8-7-9-16(12-15)24(27)28/h5-12,14H,4,13H2,1-3H3. The van der Waals surface area contributed by atoms with Gasteiger partial charge in [-0.1, -0.05) is 24.3 Å². The van der Waals surface area contributed by atoms with Crippen LogP contribution >= 0.6 is 0 Å². The van der Waals surface area contributed by atoms with Gasteiger partial charge >= 0.3 is 5.69 Å². The fourth-order valence-electron chi connectivity index (χ4n) is 3.32. The lowest BCUT2D eigenvalue weighted by Gasteiger charge is -2.25. The number of aromatic nitrogens is 2. The van der Waals surface area contributed by atoms with Crippen LogP contribution in [0.3, 0.4) is 0 Å². The lowest BCUT2D eigenvalue weighted by atomic mass is 10.1. The molecule has 0 saturated heterocycles. The van der Waals surface area contributed by atoms with Gasteiger partial charge in [0.15, 0.2) is 0 Å². The summed E-state index contributed by atoms with van der Waals surface area (Å²) in [4.78, 5) is 37.6. The summed E-state index contributed by atoms with van der Waals surface area (Å²) in [5.41, 5.74) is 1.91. The summed E-state index contributed by atoms with van der Waals surface area (Å²) >= 11 is 0. The van der Waals surface area contributed by atoms with Gasteiger partial charge in [0.2, 0.25) is 5.91 Å². The van der Waals surface area contributed by atoms with E-state index >= 15 is 0 Å². The van der Waals surface area contributed by atoms with Gasteiger partial charge in [-0.15, -0.1) is 0 Å². The number of amides is 1. The monoisotopic (exact) mass is 382 g/mol. The molecule has 1 aromatic heterocycles. The molecule has 2 aromatic carbocycles. The first kappa shape index (κ1) is 19.3. The molecule has 1 unspecified atom stereocenters. The van der Waals surface area contributed by atoms with Crippen LogP contribution in [0.4, 0.5) is 5.69 Å². The second-order valence-electron chi connectivity index (χ2n) is 6.63. The fraction of sp³-hybridized carbons (Fsp3) is 0.300. The van der Waals surface area contributed by atoms with Crippen LogP contribution in [0.25, 0.3) is 11.0 Å². The number of para-hydroxylation sites is 2. The van der Waals surface area contributed by atoms with Crippen molar-refractivity contribution in [1.29, 1.82) is 0 Å². The molecule has 0 fully saturated rings. The molecule has 146 valence electrons. The van der Waals surface area contributed by atoms with E-state index < -0.39 is 4.92 Å². The molecule has 0 saturated carbocycles. The van der Waals surface area contributed by atoms with Crippen LogP contribution in [0.2, 0.25) is 0 Å². The van der Waals surface area contributed by atoms with E-state index in [2.05, 4.69) is 0 Å². The highest BCUT2D eigenvalue weighted by atomic mass is 16.6. The van der Waals surface area contributed by atoms with Gasteiger partial charge in [-0.3, -0.25) is 24.0 Å². The number of hydrogen-bond acceptors (Lipinski definition) is 4. The van der Waals surface area contributed by atoms with Gasteiger partial charge in [-0.2, -0.15) is 0 Å². The lowest BCUT2D eigenvalue weighted by Crippen LogP contribution is -2.35. The minimum atomic E-state index is -0.461. The highest BCUT2D eigenvalue weighted by molar-refractivity contribution is 5.81. The maximum absolute atomic E-state index is 12.9. The normalized spacial score (nSPS) is 12.1. The number of nitro benzene ring substituents is 1. The van der Waals surface area contributed by atoms with Gasteiger partial charge < -0.3 is 4.90 Å². The molecule has 8 heteroatoms. The van der Waals surface area contributed by atoms with Crippen LogP contribution in [0.1, 0.15) is 25.5 Å². The molecule has 3 aromatic rings. The SMILES string of the molecule is CCn1c(=O)n(CC(=O)N(C)C(C)c2cccc([N+](=O)[O-])c2)c2ccccc21. The van der Waals surface area contributed by atoms with Crippen molar-refractivity contribution in [3.05, 3.63) is 74.7 Å². The Morgan fingerprint density at radius 1 is 1.14 bits per heavy atom. The van der Waals surface area contributed by atoms with E-state index in [-0.39, 0.29) is 29.9 Å². The molecule has 0 aliphatic heterocycles. The van der Waals surface area contributed by atoms with Crippen molar-refractivity contribution in [2.45, 2.75) is 33.0 Å². The largest absolute Gasteiger partial charge is 0.337 e. The first-order valence-corrected chi connectivity index (χ1v) is 9.03. The molecular weight excluding hydrogens is 360 g/mol. The third-order valence-corrected chi connectivity index (χ3v) is 5.07. The smallest absolute Gasteiger partial charge is 0.329 e. The van der Waals surface area contributed by atoms with Gasteiger partial charge in [0.25, 0.3) is 5.69 Å². The van der Waals surface area contributed by atoms with Gasteiger partial charge in [0.1, 0.15) is 6.54 Å². The third-order valence-electron chi connectivity index (χ3n) is 5.07. The number of likely N-dealkylation sites (N-methyl/N-ethyl adjacent to an activating group) is 1. The van der Waals surface area contributed by atoms with Crippen LogP contribution < -0.4 is 5.69 Å². The van der Waals surface area contributed by atoms with Crippen LogP contribution in [0.5, 0.6) is 0 Å². The topological polar surface area (TPSA) is 90.4 Å². The molecule has 1 amide bonds. The Kier molecular flexibility index (Phi) is 5.30. The maximum Gasteiger partial charge on any atom is 0.329 e. The number of nitrogens with zero attached hydrogens (tertiary/aromatic N) is 4. The Balaban J connectivity index is 1.88. The van der Waals surface area contributed by atoms with E-state index in [0.717, 1.165) is 5.52 Å². The Labute approximate surface area is 161 Å². The van der Waals surface area contributed by atoms with Gasteiger partial charge in [-0.05, 0) is 31.5 Å². The van der Waals surface area contributed by atoms with Crippen LogP contribution in [0.15, 0.2) is 53.3 Å². The Bertz CT molecular complexity index is 1100. The number of hydrogen-bond donors (Lipinski definition) is 0. The van der Waals surface area contributed by atoms with Gasteiger partial charge in [0.05, 0.1) is 22.0 Å². The maximum atomic E-state index is 12.9. The Hall–Kier alpha value is -3.42. The van der Waals surface area contributed by atoms with E-state index in [1.807, 2.05) is 31.2 Å². The molecule has 8 nitrogen and oxygen atoms in total. The van der Waals surface area contributed by atoms with Gasteiger partial charge in [-0.25, -0.2) is 4.79 Å². The number of carbonyl (C=O) groups excluding carboxylic acids is 1. The van der Waals surface area contributed by atoms with E-state index in [1.165, 1.54) is 21.6 Å². The van der Waals surface area contributed by atoms with Crippen molar-refractivity contribution in [2.75, 3.05) is 7.05 Å². The molecule has 3 rings (SSSR count). The highest BCUT2D eigenvalue weighted by Crippen LogP contribution is 2.23. The summed E-state index contributed by atoms with van der Waals surface area (Å²) < 4.78 is 3.10. The number of benzene rings is 2. The van der Waals surface area contributed by atoms with Crippen LogP contribution in [-0.4, -0.2) is 31.9 Å². The van der Waals surface area contributed by atoms with Crippen molar-refractivity contribution < 1.29 is 9.72 Å². The molecule has 1 heterocycles. The number of non-ortho nitro benzene ring substituents is 1. The molecule has 0 aliphatic rings. The second kappa shape index (κ2) is 7.67. The number of imidazole rings is 1. The molecular formula is C20H22N4O4.